The van der Waals surface area contributed by atoms with Crippen LogP contribution in [0.3, 0.4) is 0 Å². The third-order valence-electron chi connectivity index (χ3n) is 3.65. The first-order chi connectivity index (χ1) is 9.20. The van der Waals surface area contributed by atoms with Gasteiger partial charge in [-0.3, -0.25) is 0 Å². The molecule has 19 heavy (non-hydrogen) atoms. The van der Waals surface area contributed by atoms with Gasteiger partial charge in [-0.15, -0.1) is 0 Å². The number of anilines is 1. The summed E-state index contributed by atoms with van der Waals surface area (Å²) in [6.45, 7) is 0. The molecule has 1 aliphatic rings. The molecule has 0 aromatic heterocycles. The summed E-state index contributed by atoms with van der Waals surface area (Å²) in [7, 11) is 0. The molecule has 0 amide bonds. The van der Waals surface area contributed by atoms with E-state index in [4.69, 9.17) is 0 Å². The van der Waals surface area contributed by atoms with E-state index in [0.29, 0.717) is 12.0 Å². The summed E-state index contributed by atoms with van der Waals surface area (Å²) < 4.78 is 14.4. The zero-order valence-electron chi connectivity index (χ0n) is 10.4. The monoisotopic (exact) mass is 367 g/mol. The molecule has 1 saturated carbocycles. The lowest BCUT2D eigenvalue weighted by Gasteiger charge is -2.37. The molecule has 0 heterocycles. The molecule has 1 fully saturated rings. The molecule has 0 spiro atoms. The van der Waals surface area contributed by atoms with Crippen LogP contribution in [0.5, 0.6) is 0 Å². The molecular formula is C16H15FIN. The fraction of sp³-hybridized carbons (Fsp3) is 0.250. The summed E-state index contributed by atoms with van der Waals surface area (Å²) in [5.74, 6) is 0.363. The van der Waals surface area contributed by atoms with E-state index in [2.05, 4.69) is 52.2 Å². The van der Waals surface area contributed by atoms with Crippen LogP contribution in [0.15, 0.2) is 48.5 Å². The van der Waals surface area contributed by atoms with E-state index in [9.17, 15) is 4.39 Å². The third kappa shape index (κ3) is 3.08. The van der Waals surface area contributed by atoms with Gasteiger partial charge in [0.05, 0.1) is 0 Å². The van der Waals surface area contributed by atoms with E-state index >= 15 is 0 Å². The molecule has 98 valence electrons. The first-order valence-electron chi connectivity index (χ1n) is 6.48. The predicted molar refractivity (Wildman–Crippen MR) is 84.9 cm³/mol. The lowest BCUT2D eigenvalue weighted by molar-refractivity contribution is 0.373. The Kier molecular flexibility index (Phi) is 3.73. The Hall–Kier alpha value is -1.10. The molecule has 1 nitrogen and oxygen atoms in total. The lowest BCUT2D eigenvalue weighted by Crippen LogP contribution is -2.34. The summed E-state index contributed by atoms with van der Waals surface area (Å²) in [5, 5.41) is 3.53. The summed E-state index contributed by atoms with van der Waals surface area (Å²) in [4.78, 5) is 0. The summed E-state index contributed by atoms with van der Waals surface area (Å²) in [6, 6.07) is 15.9. The van der Waals surface area contributed by atoms with Gasteiger partial charge in [-0.05, 0) is 77.2 Å². The van der Waals surface area contributed by atoms with Crippen LogP contribution in [0, 0.1) is 9.39 Å². The standard InChI is InChI=1S/C16H15FIN/c17-13-4-1-3-11(7-13)12-8-16(9-12)19-15-6-2-5-14(18)10-15/h1-7,10,12,16,19H,8-9H2. The number of hydrogen-bond donors (Lipinski definition) is 1. The van der Waals surface area contributed by atoms with Crippen LogP contribution < -0.4 is 5.32 Å². The molecule has 3 rings (SSSR count). The van der Waals surface area contributed by atoms with Gasteiger partial charge in [-0.25, -0.2) is 4.39 Å². The maximum absolute atomic E-state index is 13.2. The van der Waals surface area contributed by atoms with Crippen molar-refractivity contribution in [3.63, 3.8) is 0 Å². The highest BCUT2D eigenvalue weighted by Crippen LogP contribution is 2.38. The topological polar surface area (TPSA) is 12.0 Å². The van der Waals surface area contributed by atoms with Crippen molar-refractivity contribution in [2.75, 3.05) is 5.32 Å². The minimum absolute atomic E-state index is 0.133. The normalized spacial score (nSPS) is 21.8. The van der Waals surface area contributed by atoms with Crippen LogP contribution in [0.1, 0.15) is 24.3 Å². The Bertz CT molecular complexity index is 578. The average Bonchev–Trinajstić information content (AvgIpc) is 2.33. The Labute approximate surface area is 126 Å². The molecule has 0 saturated heterocycles. The average molecular weight is 367 g/mol. The fourth-order valence-electron chi connectivity index (χ4n) is 2.58. The van der Waals surface area contributed by atoms with Crippen molar-refractivity contribution < 1.29 is 4.39 Å². The fourth-order valence-corrected chi connectivity index (χ4v) is 3.13. The Morgan fingerprint density at radius 3 is 2.58 bits per heavy atom. The number of halogens is 2. The highest BCUT2D eigenvalue weighted by atomic mass is 127. The van der Waals surface area contributed by atoms with Crippen molar-refractivity contribution in [3.05, 3.63) is 63.5 Å². The Morgan fingerprint density at radius 1 is 1.05 bits per heavy atom. The molecule has 0 radical (unpaired) electrons. The van der Waals surface area contributed by atoms with Crippen molar-refractivity contribution >= 4 is 28.3 Å². The largest absolute Gasteiger partial charge is 0.382 e. The van der Waals surface area contributed by atoms with Crippen LogP contribution in [0.25, 0.3) is 0 Å². The molecule has 1 N–H and O–H groups in total. The van der Waals surface area contributed by atoms with E-state index in [-0.39, 0.29) is 5.82 Å². The molecule has 1 aliphatic carbocycles. The second-order valence-electron chi connectivity index (χ2n) is 5.07. The predicted octanol–water partition coefficient (Wildman–Crippen LogP) is 4.79. The van der Waals surface area contributed by atoms with E-state index in [1.807, 2.05) is 6.07 Å². The molecular weight excluding hydrogens is 352 g/mol. The van der Waals surface area contributed by atoms with Gasteiger partial charge in [-0.2, -0.15) is 0 Å². The van der Waals surface area contributed by atoms with Gasteiger partial charge in [0.15, 0.2) is 0 Å². The minimum atomic E-state index is -0.133. The van der Waals surface area contributed by atoms with Gasteiger partial charge in [-0.1, -0.05) is 18.2 Å². The minimum Gasteiger partial charge on any atom is -0.382 e. The van der Waals surface area contributed by atoms with Crippen molar-refractivity contribution in [1.29, 1.82) is 0 Å². The number of nitrogens with one attached hydrogen (secondary N) is 1. The van der Waals surface area contributed by atoms with Gasteiger partial charge in [0.1, 0.15) is 5.82 Å². The second-order valence-corrected chi connectivity index (χ2v) is 6.32. The van der Waals surface area contributed by atoms with Crippen LogP contribution in [-0.4, -0.2) is 6.04 Å². The van der Waals surface area contributed by atoms with E-state index in [0.717, 1.165) is 18.4 Å². The third-order valence-corrected chi connectivity index (χ3v) is 4.32. The zero-order valence-corrected chi connectivity index (χ0v) is 12.6. The van der Waals surface area contributed by atoms with Crippen molar-refractivity contribution in [2.24, 2.45) is 0 Å². The quantitative estimate of drug-likeness (QED) is 0.770. The number of rotatable bonds is 3. The second kappa shape index (κ2) is 5.49. The van der Waals surface area contributed by atoms with Gasteiger partial charge in [0.25, 0.3) is 0 Å². The highest BCUT2D eigenvalue weighted by molar-refractivity contribution is 14.1. The van der Waals surface area contributed by atoms with Gasteiger partial charge >= 0.3 is 0 Å². The SMILES string of the molecule is Fc1cccc(C2CC(Nc3cccc(I)c3)C2)c1. The van der Waals surface area contributed by atoms with Crippen molar-refractivity contribution in [1.82, 2.24) is 0 Å². The molecule has 3 heteroatoms. The summed E-state index contributed by atoms with van der Waals surface area (Å²) >= 11 is 2.32. The van der Waals surface area contributed by atoms with E-state index in [1.54, 1.807) is 12.1 Å². The van der Waals surface area contributed by atoms with Crippen molar-refractivity contribution in [3.8, 4) is 0 Å². The number of hydrogen-bond acceptors (Lipinski definition) is 1. The molecule has 2 aromatic rings. The van der Waals surface area contributed by atoms with Gasteiger partial charge in [0, 0.05) is 15.3 Å². The first kappa shape index (κ1) is 12.9. The van der Waals surface area contributed by atoms with Crippen LogP contribution in [0.4, 0.5) is 10.1 Å². The van der Waals surface area contributed by atoms with Crippen molar-refractivity contribution in [2.45, 2.75) is 24.8 Å². The van der Waals surface area contributed by atoms with Gasteiger partial charge in [0.2, 0.25) is 0 Å². The summed E-state index contributed by atoms with van der Waals surface area (Å²) in [5.41, 5.74) is 2.30. The lowest BCUT2D eigenvalue weighted by atomic mass is 9.76. The molecule has 0 atom stereocenters. The highest BCUT2D eigenvalue weighted by Gasteiger charge is 2.30. The van der Waals surface area contributed by atoms with E-state index < -0.39 is 0 Å². The van der Waals surface area contributed by atoms with Crippen LogP contribution >= 0.6 is 22.6 Å². The number of benzene rings is 2. The maximum Gasteiger partial charge on any atom is 0.123 e. The molecule has 0 unspecified atom stereocenters. The van der Waals surface area contributed by atoms with Crippen LogP contribution in [-0.2, 0) is 0 Å². The smallest absolute Gasteiger partial charge is 0.123 e. The molecule has 0 bridgehead atoms. The Morgan fingerprint density at radius 2 is 1.84 bits per heavy atom. The molecule has 0 aliphatic heterocycles. The molecule has 2 aromatic carbocycles. The summed E-state index contributed by atoms with van der Waals surface area (Å²) in [6.07, 6.45) is 2.16. The first-order valence-corrected chi connectivity index (χ1v) is 7.56. The zero-order chi connectivity index (χ0) is 13.2. The van der Waals surface area contributed by atoms with Gasteiger partial charge < -0.3 is 5.32 Å². The van der Waals surface area contributed by atoms with E-state index in [1.165, 1.54) is 15.3 Å². The maximum atomic E-state index is 13.2. The van der Waals surface area contributed by atoms with Crippen LogP contribution in [0.2, 0.25) is 0 Å². The Balaban J connectivity index is 1.58.